The zero-order valence-corrected chi connectivity index (χ0v) is 15.5. The number of nitrogens with zero attached hydrogens (tertiary/aromatic N) is 2. The van der Waals surface area contributed by atoms with Crippen LogP contribution in [-0.4, -0.2) is 64.9 Å². The molecule has 136 valence electrons. The van der Waals surface area contributed by atoms with Gasteiger partial charge >= 0.3 is 0 Å². The van der Waals surface area contributed by atoms with Crippen molar-refractivity contribution in [1.29, 1.82) is 0 Å². The Morgan fingerprint density at radius 3 is 2.71 bits per heavy atom. The average molecular weight is 336 g/mol. The lowest BCUT2D eigenvalue weighted by Gasteiger charge is -2.17. The first-order valence-electron chi connectivity index (χ1n) is 8.54. The molecule has 0 aliphatic heterocycles. The Hall–Kier alpha value is -1.79. The van der Waals surface area contributed by atoms with Crippen LogP contribution in [0.1, 0.15) is 18.9 Å². The molecule has 2 N–H and O–H groups in total. The van der Waals surface area contributed by atoms with Gasteiger partial charge in [0.1, 0.15) is 5.75 Å². The van der Waals surface area contributed by atoms with E-state index in [9.17, 15) is 0 Å². The van der Waals surface area contributed by atoms with Gasteiger partial charge in [-0.3, -0.25) is 4.99 Å². The van der Waals surface area contributed by atoms with Crippen LogP contribution in [0.25, 0.3) is 0 Å². The van der Waals surface area contributed by atoms with Crippen molar-refractivity contribution in [3.05, 3.63) is 29.8 Å². The highest BCUT2D eigenvalue weighted by atomic mass is 16.5. The molecule has 1 rings (SSSR count). The number of methoxy groups -OCH3 is 1. The highest BCUT2D eigenvalue weighted by Gasteiger charge is 2.04. The molecular weight excluding hydrogens is 304 g/mol. The van der Waals surface area contributed by atoms with E-state index in [4.69, 9.17) is 9.47 Å². The highest BCUT2D eigenvalue weighted by Crippen LogP contribution is 2.17. The monoisotopic (exact) mass is 336 g/mol. The Kier molecular flexibility index (Phi) is 10.6. The van der Waals surface area contributed by atoms with E-state index in [-0.39, 0.29) is 0 Å². The summed E-state index contributed by atoms with van der Waals surface area (Å²) >= 11 is 0. The molecular formula is C18H32N4O2. The normalized spacial score (nSPS) is 11.6. The summed E-state index contributed by atoms with van der Waals surface area (Å²) in [4.78, 5) is 6.53. The maximum absolute atomic E-state index is 5.64. The molecule has 0 aliphatic carbocycles. The summed E-state index contributed by atoms with van der Waals surface area (Å²) in [5, 5.41) is 6.67. The maximum atomic E-state index is 5.64. The van der Waals surface area contributed by atoms with E-state index in [1.54, 1.807) is 14.2 Å². The zero-order valence-electron chi connectivity index (χ0n) is 15.5. The third-order valence-corrected chi connectivity index (χ3v) is 3.63. The molecule has 0 atom stereocenters. The van der Waals surface area contributed by atoms with Crippen LogP contribution >= 0.6 is 0 Å². The summed E-state index contributed by atoms with van der Waals surface area (Å²) in [5.41, 5.74) is 1.13. The van der Waals surface area contributed by atoms with Crippen molar-refractivity contribution in [1.82, 2.24) is 15.5 Å². The number of hydrogen-bond acceptors (Lipinski definition) is 4. The van der Waals surface area contributed by atoms with Crippen LogP contribution < -0.4 is 15.4 Å². The fourth-order valence-electron chi connectivity index (χ4n) is 2.26. The van der Waals surface area contributed by atoms with Crippen LogP contribution in [0, 0.1) is 0 Å². The minimum absolute atomic E-state index is 0.667. The average Bonchev–Trinajstić information content (AvgIpc) is 2.60. The molecule has 0 unspecified atom stereocenters. The second-order valence-electron chi connectivity index (χ2n) is 5.54. The molecule has 1 aromatic carbocycles. The van der Waals surface area contributed by atoms with Crippen LogP contribution in [0.4, 0.5) is 0 Å². The number of guanidine groups is 1. The first-order chi connectivity index (χ1) is 11.7. The number of benzene rings is 1. The summed E-state index contributed by atoms with van der Waals surface area (Å²) in [6.45, 7) is 6.98. The minimum Gasteiger partial charge on any atom is -0.494 e. The van der Waals surface area contributed by atoms with E-state index in [1.807, 2.05) is 25.1 Å². The molecule has 1 aromatic rings. The predicted octanol–water partition coefficient (Wildman–Crippen LogP) is 1.72. The summed E-state index contributed by atoms with van der Waals surface area (Å²) < 4.78 is 10.7. The second kappa shape index (κ2) is 12.6. The maximum Gasteiger partial charge on any atom is 0.191 e. The Morgan fingerprint density at radius 1 is 1.21 bits per heavy atom. The van der Waals surface area contributed by atoms with Gasteiger partial charge in [0, 0.05) is 39.4 Å². The molecule has 0 radical (unpaired) electrons. The summed E-state index contributed by atoms with van der Waals surface area (Å²) in [6.07, 6.45) is 1.05. The van der Waals surface area contributed by atoms with Gasteiger partial charge in [0.05, 0.1) is 13.2 Å². The van der Waals surface area contributed by atoms with Crippen molar-refractivity contribution < 1.29 is 9.47 Å². The fourth-order valence-corrected chi connectivity index (χ4v) is 2.26. The van der Waals surface area contributed by atoms with E-state index in [0.29, 0.717) is 13.2 Å². The van der Waals surface area contributed by atoms with Crippen LogP contribution in [0.15, 0.2) is 29.3 Å². The van der Waals surface area contributed by atoms with E-state index >= 15 is 0 Å². The SMILES string of the molecule is CCOc1ccccc1CNC(=NC)NCCCN(C)CCOC. The lowest BCUT2D eigenvalue weighted by atomic mass is 10.2. The van der Waals surface area contributed by atoms with Crippen molar-refractivity contribution in [2.75, 3.05) is 54.1 Å². The number of likely N-dealkylation sites (N-methyl/N-ethyl adjacent to an activating group) is 1. The van der Waals surface area contributed by atoms with Gasteiger partial charge in [-0.2, -0.15) is 0 Å². The van der Waals surface area contributed by atoms with Crippen molar-refractivity contribution >= 4 is 5.96 Å². The second-order valence-corrected chi connectivity index (χ2v) is 5.54. The van der Waals surface area contributed by atoms with Gasteiger partial charge in [-0.1, -0.05) is 18.2 Å². The van der Waals surface area contributed by atoms with E-state index in [1.165, 1.54) is 0 Å². The number of ether oxygens (including phenoxy) is 2. The number of aliphatic imine (C=N–C) groups is 1. The standard InChI is InChI=1S/C18H32N4O2/c1-5-24-17-10-7-6-9-16(17)15-21-18(19-2)20-11-8-12-22(3)13-14-23-4/h6-7,9-10H,5,8,11-15H2,1-4H3,(H2,19,20,21). The number of hydrogen-bond donors (Lipinski definition) is 2. The molecule has 0 amide bonds. The van der Waals surface area contributed by atoms with Crippen molar-refractivity contribution in [3.63, 3.8) is 0 Å². The van der Waals surface area contributed by atoms with Crippen molar-refractivity contribution in [2.45, 2.75) is 19.9 Å². The third-order valence-electron chi connectivity index (χ3n) is 3.63. The Morgan fingerprint density at radius 2 is 2.00 bits per heavy atom. The fraction of sp³-hybridized carbons (Fsp3) is 0.611. The van der Waals surface area contributed by atoms with Crippen LogP contribution in [0.3, 0.4) is 0 Å². The third kappa shape index (κ3) is 8.17. The van der Waals surface area contributed by atoms with Crippen molar-refractivity contribution in [3.8, 4) is 5.75 Å². The Bertz CT molecular complexity index is 480. The topological polar surface area (TPSA) is 58.1 Å². The molecule has 0 heterocycles. The molecule has 0 aliphatic rings. The first kappa shape index (κ1) is 20.3. The molecule has 0 saturated heterocycles. The van der Waals surface area contributed by atoms with Gasteiger partial charge in [0.25, 0.3) is 0 Å². The molecule has 0 saturated carbocycles. The van der Waals surface area contributed by atoms with Gasteiger partial charge in [0.2, 0.25) is 0 Å². The largest absolute Gasteiger partial charge is 0.494 e. The molecule has 6 heteroatoms. The predicted molar refractivity (Wildman–Crippen MR) is 99.8 cm³/mol. The highest BCUT2D eigenvalue weighted by molar-refractivity contribution is 5.79. The minimum atomic E-state index is 0.667. The summed E-state index contributed by atoms with van der Waals surface area (Å²) in [5.74, 6) is 1.73. The first-order valence-corrected chi connectivity index (χ1v) is 8.54. The summed E-state index contributed by atoms with van der Waals surface area (Å²) in [6, 6.07) is 8.07. The molecule has 0 fully saturated rings. The van der Waals surface area contributed by atoms with Crippen LogP contribution in [0.5, 0.6) is 5.75 Å². The molecule has 0 bridgehead atoms. The number of nitrogens with one attached hydrogen (secondary N) is 2. The molecule has 0 aromatic heterocycles. The molecule has 0 spiro atoms. The summed E-state index contributed by atoms with van der Waals surface area (Å²) in [7, 11) is 5.63. The zero-order chi connectivity index (χ0) is 17.6. The van der Waals surface area contributed by atoms with Crippen LogP contribution in [-0.2, 0) is 11.3 Å². The lowest BCUT2D eigenvalue weighted by molar-refractivity contribution is 0.161. The van der Waals surface area contributed by atoms with Gasteiger partial charge in [0.15, 0.2) is 5.96 Å². The van der Waals surface area contributed by atoms with E-state index in [2.05, 4.69) is 33.6 Å². The number of rotatable bonds is 11. The molecule has 6 nitrogen and oxygen atoms in total. The van der Waals surface area contributed by atoms with Gasteiger partial charge in [-0.05, 0) is 33.0 Å². The Labute approximate surface area is 146 Å². The van der Waals surface area contributed by atoms with Gasteiger partial charge < -0.3 is 25.0 Å². The quantitative estimate of drug-likeness (QED) is 0.366. The van der Waals surface area contributed by atoms with Gasteiger partial charge in [-0.25, -0.2) is 0 Å². The Balaban J connectivity index is 2.31. The van der Waals surface area contributed by atoms with E-state index < -0.39 is 0 Å². The molecule has 24 heavy (non-hydrogen) atoms. The lowest BCUT2D eigenvalue weighted by Crippen LogP contribution is -2.38. The number of para-hydroxylation sites is 1. The van der Waals surface area contributed by atoms with Gasteiger partial charge in [-0.15, -0.1) is 0 Å². The smallest absolute Gasteiger partial charge is 0.191 e. The van der Waals surface area contributed by atoms with Crippen LogP contribution in [0.2, 0.25) is 0 Å². The van der Waals surface area contributed by atoms with Crippen molar-refractivity contribution in [2.24, 2.45) is 4.99 Å². The van der Waals surface area contributed by atoms with E-state index in [0.717, 1.165) is 49.9 Å².